The van der Waals surface area contributed by atoms with Crippen LogP contribution in [0.4, 0.5) is 0 Å². The maximum absolute atomic E-state index is 9.54. The third-order valence-electron chi connectivity index (χ3n) is 3.62. The summed E-state index contributed by atoms with van der Waals surface area (Å²) in [4.78, 5) is 0. The summed E-state index contributed by atoms with van der Waals surface area (Å²) in [5.74, 6) is 1.93. The van der Waals surface area contributed by atoms with Gasteiger partial charge in [0, 0.05) is 18.2 Å². The number of ether oxygens (including phenoxy) is 2. The average Bonchev–Trinajstić information content (AvgIpc) is 2.52. The average molecular weight is 285 g/mol. The number of phenolic OH excluding ortho intramolecular Hbond substituents is 1. The predicted octanol–water partition coefficient (Wildman–Crippen LogP) is 3.01. The van der Waals surface area contributed by atoms with Crippen LogP contribution in [0.15, 0.2) is 42.5 Å². The van der Waals surface area contributed by atoms with E-state index < -0.39 is 0 Å². The Morgan fingerprint density at radius 3 is 2.81 bits per heavy atom. The van der Waals surface area contributed by atoms with Gasteiger partial charge < -0.3 is 19.9 Å². The van der Waals surface area contributed by atoms with Gasteiger partial charge in [-0.3, -0.25) is 0 Å². The van der Waals surface area contributed by atoms with Crippen molar-refractivity contribution in [3.05, 3.63) is 53.6 Å². The van der Waals surface area contributed by atoms with Gasteiger partial charge in [-0.25, -0.2) is 0 Å². The molecule has 1 aliphatic rings. The van der Waals surface area contributed by atoms with Crippen LogP contribution in [0, 0.1) is 0 Å². The van der Waals surface area contributed by atoms with Gasteiger partial charge in [-0.2, -0.15) is 0 Å². The molecule has 0 bridgehead atoms. The third kappa shape index (κ3) is 3.11. The summed E-state index contributed by atoms with van der Waals surface area (Å²) in [5, 5.41) is 13.0. The fraction of sp³-hybridized carbons (Fsp3) is 0.294. The Labute approximate surface area is 124 Å². The number of nitrogens with one attached hydrogen (secondary N) is 1. The first-order valence-corrected chi connectivity index (χ1v) is 7.14. The van der Waals surface area contributed by atoms with Crippen LogP contribution in [-0.2, 0) is 6.54 Å². The van der Waals surface area contributed by atoms with Crippen molar-refractivity contribution in [2.24, 2.45) is 0 Å². The van der Waals surface area contributed by atoms with Crippen molar-refractivity contribution in [3.8, 4) is 17.2 Å². The van der Waals surface area contributed by atoms with E-state index in [4.69, 9.17) is 9.47 Å². The highest BCUT2D eigenvalue weighted by Crippen LogP contribution is 2.33. The number of hydrogen-bond acceptors (Lipinski definition) is 4. The number of rotatable bonds is 4. The van der Waals surface area contributed by atoms with Gasteiger partial charge in [0.25, 0.3) is 0 Å². The van der Waals surface area contributed by atoms with Gasteiger partial charge in [-0.05, 0) is 30.7 Å². The summed E-state index contributed by atoms with van der Waals surface area (Å²) in [5.41, 5.74) is 2.14. The molecule has 0 amide bonds. The molecular weight excluding hydrogens is 266 g/mol. The second kappa shape index (κ2) is 6.06. The van der Waals surface area contributed by atoms with E-state index in [2.05, 4.69) is 12.2 Å². The molecule has 110 valence electrons. The molecular formula is C17H19NO3. The Morgan fingerprint density at radius 1 is 1.14 bits per heavy atom. The first kappa shape index (κ1) is 13.8. The third-order valence-corrected chi connectivity index (χ3v) is 3.62. The molecule has 0 saturated carbocycles. The molecule has 3 rings (SSSR count). The van der Waals surface area contributed by atoms with Crippen molar-refractivity contribution in [1.29, 1.82) is 0 Å². The molecule has 0 aromatic heterocycles. The van der Waals surface area contributed by atoms with E-state index >= 15 is 0 Å². The van der Waals surface area contributed by atoms with Gasteiger partial charge in [0.1, 0.15) is 19.0 Å². The van der Waals surface area contributed by atoms with Crippen molar-refractivity contribution in [2.75, 3.05) is 13.2 Å². The summed E-state index contributed by atoms with van der Waals surface area (Å²) in [6, 6.07) is 13.4. The van der Waals surface area contributed by atoms with Crippen LogP contribution in [0.2, 0.25) is 0 Å². The molecule has 1 unspecified atom stereocenters. The first-order valence-electron chi connectivity index (χ1n) is 7.14. The minimum absolute atomic E-state index is 0.137. The largest absolute Gasteiger partial charge is 0.508 e. The molecule has 4 nitrogen and oxygen atoms in total. The quantitative estimate of drug-likeness (QED) is 0.906. The van der Waals surface area contributed by atoms with Crippen LogP contribution in [0.25, 0.3) is 0 Å². The van der Waals surface area contributed by atoms with E-state index in [1.165, 1.54) is 0 Å². The van der Waals surface area contributed by atoms with E-state index in [-0.39, 0.29) is 11.8 Å². The molecule has 1 heterocycles. The van der Waals surface area contributed by atoms with Gasteiger partial charge in [-0.1, -0.05) is 24.3 Å². The molecule has 2 aromatic rings. The molecule has 0 radical (unpaired) electrons. The minimum atomic E-state index is 0.137. The van der Waals surface area contributed by atoms with E-state index in [1.54, 1.807) is 12.1 Å². The van der Waals surface area contributed by atoms with Gasteiger partial charge in [-0.15, -0.1) is 0 Å². The summed E-state index contributed by atoms with van der Waals surface area (Å²) in [6.45, 7) is 3.95. The monoisotopic (exact) mass is 285 g/mol. The van der Waals surface area contributed by atoms with Gasteiger partial charge in [0.15, 0.2) is 11.5 Å². The zero-order chi connectivity index (χ0) is 14.7. The molecule has 0 saturated heterocycles. The standard InChI is InChI=1S/C17H19NO3/c1-12(13-4-2-6-15(19)10-13)18-11-14-5-3-7-16-17(14)21-9-8-20-16/h2-7,10,12,18-19H,8-9,11H2,1H3. The summed E-state index contributed by atoms with van der Waals surface area (Å²) in [6.07, 6.45) is 0. The van der Waals surface area contributed by atoms with E-state index in [0.717, 1.165) is 22.6 Å². The Kier molecular flexibility index (Phi) is 3.97. The summed E-state index contributed by atoms with van der Waals surface area (Å²) < 4.78 is 11.3. The van der Waals surface area contributed by atoms with Crippen molar-refractivity contribution in [1.82, 2.24) is 5.32 Å². The Balaban J connectivity index is 1.70. The van der Waals surface area contributed by atoms with Crippen molar-refractivity contribution >= 4 is 0 Å². The van der Waals surface area contributed by atoms with Crippen molar-refractivity contribution in [3.63, 3.8) is 0 Å². The van der Waals surface area contributed by atoms with Gasteiger partial charge >= 0.3 is 0 Å². The highest BCUT2D eigenvalue weighted by molar-refractivity contribution is 5.47. The lowest BCUT2D eigenvalue weighted by atomic mass is 10.1. The highest BCUT2D eigenvalue weighted by Gasteiger charge is 2.16. The maximum atomic E-state index is 9.54. The van der Waals surface area contributed by atoms with Gasteiger partial charge in [0.2, 0.25) is 0 Å². The molecule has 2 aromatic carbocycles. The van der Waals surface area contributed by atoms with Gasteiger partial charge in [0.05, 0.1) is 0 Å². The van der Waals surface area contributed by atoms with Crippen LogP contribution >= 0.6 is 0 Å². The lowest BCUT2D eigenvalue weighted by molar-refractivity contribution is 0.169. The molecule has 1 atom stereocenters. The summed E-state index contributed by atoms with van der Waals surface area (Å²) >= 11 is 0. The van der Waals surface area contributed by atoms with Crippen LogP contribution in [0.3, 0.4) is 0 Å². The molecule has 2 N–H and O–H groups in total. The molecule has 1 aliphatic heterocycles. The number of phenols is 1. The Morgan fingerprint density at radius 2 is 1.95 bits per heavy atom. The second-order valence-corrected chi connectivity index (χ2v) is 5.14. The van der Waals surface area contributed by atoms with Crippen LogP contribution in [0.1, 0.15) is 24.1 Å². The Hall–Kier alpha value is -2.20. The topological polar surface area (TPSA) is 50.7 Å². The molecule has 0 spiro atoms. The smallest absolute Gasteiger partial charge is 0.165 e. The first-order chi connectivity index (χ1) is 10.2. The van der Waals surface area contributed by atoms with E-state index in [0.29, 0.717) is 19.8 Å². The zero-order valence-electron chi connectivity index (χ0n) is 12.0. The predicted molar refractivity (Wildman–Crippen MR) is 80.8 cm³/mol. The Bertz CT molecular complexity index is 627. The van der Waals surface area contributed by atoms with E-state index in [1.807, 2.05) is 30.3 Å². The van der Waals surface area contributed by atoms with Crippen molar-refractivity contribution < 1.29 is 14.6 Å². The normalized spacial score (nSPS) is 14.7. The fourth-order valence-corrected chi connectivity index (χ4v) is 2.45. The second-order valence-electron chi connectivity index (χ2n) is 5.14. The van der Waals surface area contributed by atoms with Crippen molar-refractivity contribution in [2.45, 2.75) is 19.5 Å². The number of hydrogen-bond donors (Lipinski definition) is 2. The number of fused-ring (bicyclic) bond motifs is 1. The van der Waals surface area contributed by atoms with Crippen LogP contribution < -0.4 is 14.8 Å². The molecule has 0 aliphatic carbocycles. The number of benzene rings is 2. The molecule has 0 fully saturated rings. The highest BCUT2D eigenvalue weighted by atomic mass is 16.6. The summed E-state index contributed by atoms with van der Waals surface area (Å²) in [7, 11) is 0. The van der Waals surface area contributed by atoms with Crippen LogP contribution in [0.5, 0.6) is 17.2 Å². The van der Waals surface area contributed by atoms with Crippen LogP contribution in [-0.4, -0.2) is 18.3 Å². The van der Waals surface area contributed by atoms with E-state index in [9.17, 15) is 5.11 Å². The minimum Gasteiger partial charge on any atom is -0.508 e. The number of para-hydroxylation sites is 1. The lowest BCUT2D eigenvalue weighted by Crippen LogP contribution is -2.21. The molecule has 4 heteroatoms. The lowest BCUT2D eigenvalue weighted by Gasteiger charge is -2.22. The SMILES string of the molecule is CC(NCc1cccc2c1OCCO2)c1cccc(O)c1. The number of aromatic hydroxyl groups is 1. The fourth-order valence-electron chi connectivity index (χ4n) is 2.45. The maximum Gasteiger partial charge on any atom is 0.165 e. The molecule has 21 heavy (non-hydrogen) atoms. The zero-order valence-corrected chi connectivity index (χ0v) is 12.0.